The predicted molar refractivity (Wildman–Crippen MR) is 97.8 cm³/mol. The number of hydrogen-bond donors (Lipinski definition) is 0. The van der Waals surface area contributed by atoms with Gasteiger partial charge in [-0.2, -0.15) is 4.98 Å². The van der Waals surface area contributed by atoms with E-state index in [1.54, 1.807) is 37.5 Å². The van der Waals surface area contributed by atoms with Crippen LogP contribution in [0.4, 0.5) is 0 Å². The summed E-state index contributed by atoms with van der Waals surface area (Å²) >= 11 is 0. The summed E-state index contributed by atoms with van der Waals surface area (Å²) in [6.45, 7) is 2.00. The van der Waals surface area contributed by atoms with E-state index in [0.717, 1.165) is 5.56 Å². The first kappa shape index (κ1) is 18.0. The van der Waals surface area contributed by atoms with Crippen molar-refractivity contribution in [2.45, 2.75) is 32.0 Å². The molecule has 2 aromatic heterocycles. The minimum Gasteiger partial charge on any atom is -0.482 e. The Morgan fingerprint density at radius 3 is 2.75 bits per heavy atom. The molecule has 2 atom stereocenters. The lowest BCUT2D eigenvalue weighted by Gasteiger charge is -2.30. The van der Waals surface area contributed by atoms with E-state index in [4.69, 9.17) is 18.7 Å². The highest BCUT2D eigenvalue weighted by Gasteiger charge is 2.35. The van der Waals surface area contributed by atoms with Gasteiger partial charge < -0.3 is 18.7 Å². The third kappa shape index (κ3) is 3.95. The third-order valence-corrected chi connectivity index (χ3v) is 4.24. The van der Waals surface area contributed by atoms with Crippen molar-refractivity contribution in [3.63, 3.8) is 0 Å². The smallest absolute Gasteiger partial charge is 0.351 e. The molecule has 0 saturated heterocycles. The number of pyridine rings is 1. The number of benzene rings is 1. The fourth-order valence-corrected chi connectivity index (χ4v) is 2.83. The van der Waals surface area contributed by atoms with Crippen molar-refractivity contribution in [3.8, 4) is 22.9 Å². The number of para-hydroxylation sites is 2. The van der Waals surface area contributed by atoms with E-state index in [2.05, 4.69) is 15.1 Å². The van der Waals surface area contributed by atoms with E-state index in [1.807, 2.05) is 18.2 Å². The molecule has 1 aliphatic heterocycles. The van der Waals surface area contributed by atoms with Crippen molar-refractivity contribution < 1.29 is 23.5 Å². The number of aromatic nitrogens is 3. The zero-order valence-corrected chi connectivity index (χ0v) is 15.3. The number of hydrogen-bond acceptors (Lipinski definition) is 8. The monoisotopic (exact) mass is 381 g/mol. The second kappa shape index (κ2) is 8.08. The molecule has 0 spiro atoms. The highest BCUT2D eigenvalue weighted by Crippen LogP contribution is 2.33. The van der Waals surface area contributed by atoms with Crippen LogP contribution in [-0.4, -0.2) is 39.9 Å². The van der Waals surface area contributed by atoms with Gasteiger partial charge in [0.25, 0.3) is 0 Å². The lowest BCUT2D eigenvalue weighted by molar-refractivity contribution is -0.157. The number of carbonyl (C=O) groups excluding carboxylic acids is 1. The Morgan fingerprint density at radius 1 is 1.14 bits per heavy atom. The van der Waals surface area contributed by atoms with Crippen LogP contribution in [0.1, 0.15) is 19.2 Å². The summed E-state index contributed by atoms with van der Waals surface area (Å²) in [5.74, 6) is 1.68. The van der Waals surface area contributed by atoms with E-state index in [-0.39, 0.29) is 6.61 Å². The van der Waals surface area contributed by atoms with Gasteiger partial charge in [-0.15, -0.1) is 0 Å². The molecule has 0 N–H and O–H groups in total. The zero-order chi connectivity index (χ0) is 19.3. The number of aryl methyl sites for hydroxylation is 1. The van der Waals surface area contributed by atoms with Gasteiger partial charge in [0.1, 0.15) is 6.10 Å². The maximum Gasteiger partial charge on any atom is 0.351 e. The lowest BCUT2D eigenvalue weighted by Crippen LogP contribution is -2.44. The van der Waals surface area contributed by atoms with Crippen molar-refractivity contribution in [1.29, 1.82) is 0 Å². The first-order chi connectivity index (χ1) is 13.7. The topological polar surface area (TPSA) is 96.6 Å². The molecule has 0 saturated carbocycles. The molecule has 28 heavy (non-hydrogen) atoms. The van der Waals surface area contributed by atoms with Gasteiger partial charge in [-0.05, 0) is 37.6 Å². The number of carbonyl (C=O) groups is 1. The Bertz CT molecular complexity index is 944. The minimum absolute atomic E-state index is 0.220. The van der Waals surface area contributed by atoms with Crippen LogP contribution in [0.3, 0.4) is 0 Å². The van der Waals surface area contributed by atoms with Gasteiger partial charge in [-0.1, -0.05) is 17.3 Å². The Hall–Kier alpha value is -3.42. The number of fused-ring (bicyclic) bond motifs is 1. The lowest BCUT2D eigenvalue weighted by atomic mass is 10.2. The van der Waals surface area contributed by atoms with E-state index >= 15 is 0 Å². The minimum atomic E-state index is -0.796. The molecule has 0 bridgehead atoms. The van der Waals surface area contributed by atoms with E-state index < -0.39 is 18.2 Å². The van der Waals surface area contributed by atoms with Crippen LogP contribution >= 0.6 is 0 Å². The van der Waals surface area contributed by atoms with Gasteiger partial charge in [-0.25, -0.2) is 4.79 Å². The van der Waals surface area contributed by atoms with E-state index in [0.29, 0.717) is 36.1 Å². The van der Waals surface area contributed by atoms with Crippen LogP contribution in [0.2, 0.25) is 0 Å². The van der Waals surface area contributed by atoms with Crippen LogP contribution in [-0.2, 0) is 16.0 Å². The van der Waals surface area contributed by atoms with E-state index in [9.17, 15) is 4.79 Å². The number of nitrogens with zero attached hydrogens (tertiary/aromatic N) is 3. The molecular weight excluding hydrogens is 362 g/mol. The first-order valence-corrected chi connectivity index (χ1v) is 9.02. The quantitative estimate of drug-likeness (QED) is 0.475. The molecule has 3 aromatic rings. The van der Waals surface area contributed by atoms with Gasteiger partial charge in [0.05, 0.1) is 6.61 Å². The molecule has 0 amide bonds. The molecule has 2 unspecified atom stereocenters. The van der Waals surface area contributed by atoms with Gasteiger partial charge in [0.15, 0.2) is 11.5 Å². The molecule has 3 heterocycles. The molecule has 8 heteroatoms. The summed E-state index contributed by atoms with van der Waals surface area (Å²) in [5, 5.41) is 3.93. The fraction of sp³-hybridized carbons (Fsp3) is 0.300. The summed E-state index contributed by atoms with van der Waals surface area (Å²) in [4.78, 5) is 20.7. The van der Waals surface area contributed by atoms with Gasteiger partial charge in [0, 0.05) is 24.4 Å². The van der Waals surface area contributed by atoms with Crippen LogP contribution in [0, 0.1) is 0 Å². The predicted octanol–water partition coefficient (Wildman–Crippen LogP) is 2.84. The maximum absolute atomic E-state index is 12.3. The maximum atomic E-state index is 12.3. The van der Waals surface area contributed by atoms with Gasteiger partial charge in [-0.3, -0.25) is 4.98 Å². The van der Waals surface area contributed by atoms with Crippen molar-refractivity contribution >= 4 is 5.97 Å². The van der Waals surface area contributed by atoms with Crippen molar-refractivity contribution in [2.75, 3.05) is 6.61 Å². The third-order valence-electron chi connectivity index (χ3n) is 4.24. The van der Waals surface area contributed by atoms with Crippen LogP contribution in [0.5, 0.6) is 11.5 Å². The first-order valence-electron chi connectivity index (χ1n) is 9.02. The molecule has 0 aliphatic carbocycles. The molecule has 1 aliphatic rings. The van der Waals surface area contributed by atoms with E-state index in [1.165, 1.54) is 0 Å². The summed E-state index contributed by atoms with van der Waals surface area (Å²) in [6.07, 6.45) is 3.18. The number of ether oxygens (including phenoxy) is 3. The molecule has 4 rings (SSSR count). The summed E-state index contributed by atoms with van der Waals surface area (Å²) in [6, 6.07) is 10.9. The Kier molecular flexibility index (Phi) is 5.18. The molecule has 144 valence electrons. The normalized spacial score (nSPS) is 17.9. The SMILES string of the molecule is CC1Oc2ccccc2OC1C(=O)OCCCc1nc(-c2cccnc2)no1. The van der Waals surface area contributed by atoms with Crippen LogP contribution in [0.25, 0.3) is 11.4 Å². The summed E-state index contributed by atoms with van der Waals surface area (Å²) < 4.78 is 22.0. The standard InChI is InChI=1S/C20H19N3O5/c1-13-18(27-16-8-3-2-7-15(16)26-13)20(24)25-11-5-9-17-22-19(23-28-17)14-6-4-10-21-12-14/h2-4,6-8,10,12-13,18H,5,9,11H2,1H3. The van der Waals surface area contributed by atoms with Crippen LogP contribution in [0.15, 0.2) is 53.3 Å². The zero-order valence-electron chi connectivity index (χ0n) is 15.3. The summed E-state index contributed by atoms with van der Waals surface area (Å²) in [7, 11) is 0. The van der Waals surface area contributed by atoms with Crippen molar-refractivity contribution in [2.24, 2.45) is 0 Å². The average Bonchev–Trinajstić information content (AvgIpc) is 3.20. The van der Waals surface area contributed by atoms with Crippen molar-refractivity contribution in [1.82, 2.24) is 15.1 Å². The fourth-order valence-electron chi connectivity index (χ4n) is 2.83. The molecular formula is C20H19N3O5. The molecule has 0 radical (unpaired) electrons. The highest BCUT2D eigenvalue weighted by molar-refractivity contribution is 5.76. The Balaban J connectivity index is 1.26. The Labute approximate surface area is 161 Å². The van der Waals surface area contributed by atoms with Gasteiger partial charge in [0.2, 0.25) is 17.8 Å². The summed E-state index contributed by atoms with van der Waals surface area (Å²) in [5.41, 5.74) is 0.785. The molecule has 8 nitrogen and oxygen atoms in total. The highest BCUT2D eigenvalue weighted by atomic mass is 16.6. The molecule has 0 fully saturated rings. The number of rotatable bonds is 6. The second-order valence-electron chi connectivity index (χ2n) is 6.33. The number of esters is 1. The van der Waals surface area contributed by atoms with Crippen LogP contribution < -0.4 is 9.47 Å². The van der Waals surface area contributed by atoms with Gasteiger partial charge >= 0.3 is 5.97 Å². The second-order valence-corrected chi connectivity index (χ2v) is 6.33. The average molecular weight is 381 g/mol. The van der Waals surface area contributed by atoms with Crippen molar-refractivity contribution in [3.05, 3.63) is 54.7 Å². The Morgan fingerprint density at radius 2 is 1.96 bits per heavy atom. The molecule has 1 aromatic carbocycles. The largest absolute Gasteiger partial charge is 0.482 e.